The first-order valence-corrected chi connectivity index (χ1v) is 7.49. The normalized spacial score (nSPS) is 21.2. The molecule has 0 atom stereocenters. The molecule has 1 aliphatic carbocycles. The number of hydrogen-bond donors (Lipinski definition) is 1. The van der Waals surface area contributed by atoms with E-state index in [0.717, 1.165) is 44.3 Å². The predicted molar refractivity (Wildman–Crippen MR) is 70.1 cm³/mol. The van der Waals surface area contributed by atoms with Crippen LogP contribution in [-0.4, -0.2) is 18.3 Å². The average Bonchev–Trinajstić information content (AvgIpc) is 3.20. The average molecular weight is 269 g/mol. The lowest BCUT2D eigenvalue weighted by atomic mass is 9.90. The quantitative estimate of drug-likeness (QED) is 0.898. The van der Waals surface area contributed by atoms with Crippen LogP contribution in [0.15, 0.2) is 17.0 Å². The van der Waals surface area contributed by atoms with Crippen molar-refractivity contribution in [2.75, 3.05) is 13.1 Å². The van der Waals surface area contributed by atoms with E-state index in [4.69, 9.17) is 0 Å². The van der Waals surface area contributed by atoms with Gasteiger partial charge in [0.25, 0.3) is 0 Å². The van der Waals surface area contributed by atoms with Crippen LogP contribution in [0, 0.1) is 11.6 Å². The van der Waals surface area contributed by atoms with E-state index in [2.05, 4.69) is 5.32 Å². The largest absolute Gasteiger partial charge is 0.317 e. The van der Waals surface area contributed by atoms with Crippen LogP contribution in [0.1, 0.15) is 37.2 Å². The first-order valence-electron chi connectivity index (χ1n) is 6.61. The minimum absolute atomic E-state index is 0.377. The molecule has 0 amide bonds. The van der Waals surface area contributed by atoms with Gasteiger partial charge in [-0.2, -0.15) is 0 Å². The van der Waals surface area contributed by atoms with Gasteiger partial charge in [-0.1, -0.05) is 6.07 Å². The zero-order valence-electron chi connectivity index (χ0n) is 10.2. The lowest BCUT2D eigenvalue weighted by molar-refractivity contribution is 0.442. The van der Waals surface area contributed by atoms with Gasteiger partial charge in [-0.15, -0.1) is 11.8 Å². The van der Waals surface area contributed by atoms with Gasteiger partial charge in [0.15, 0.2) is 11.6 Å². The number of nitrogens with one attached hydrogen (secondary N) is 1. The van der Waals surface area contributed by atoms with E-state index in [-0.39, 0.29) is 0 Å². The van der Waals surface area contributed by atoms with E-state index in [0.29, 0.717) is 16.1 Å². The standard InChI is InChI=1S/C14H17F2NS/c15-12-4-3-11(9-5-7-17-8-6-9)14(13(12)16)18-10-1-2-10/h3-4,9-10,17H,1-2,5-8H2. The van der Waals surface area contributed by atoms with Crippen LogP contribution < -0.4 is 5.32 Å². The second kappa shape index (κ2) is 5.17. The second-order valence-corrected chi connectivity index (χ2v) is 6.43. The third-order valence-corrected chi connectivity index (χ3v) is 5.12. The molecule has 0 bridgehead atoms. The Labute approximate surface area is 110 Å². The number of thioether (sulfide) groups is 1. The lowest BCUT2D eigenvalue weighted by Crippen LogP contribution is -2.27. The summed E-state index contributed by atoms with van der Waals surface area (Å²) in [5.74, 6) is -0.971. The summed E-state index contributed by atoms with van der Waals surface area (Å²) in [4.78, 5) is 0.574. The highest BCUT2D eigenvalue weighted by Gasteiger charge is 2.29. The Morgan fingerprint density at radius 3 is 2.44 bits per heavy atom. The summed E-state index contributed by atoms with van der Waals surface area (Å²) >= 11 is 1.54. The molecule has 0 unspecified atom stereocenters. The highest BCUT2D eigenvalue weighted by atomic mass is 32.2. The molecule has 4 heteroatoms. The molecule has 1 N–H and O–H groups in total. The molecule has 1 aliphatic heterocycles. The molecule has 2 fully saturated rings. The monoisotopic (exact) mass is 269 g/mol. The van der Waals surface area contributed by atoms with Gasteiger partial charge in [-0.3, -0.25) is 0 Å². The predicted octanol–water partition coefficient (Wildman–Crippen LogP) is 3.69. The van der Waals surface area contributed by atoms with Crippen molar-refractivity contribution in [3.05, 3.63) is 29.3 Å². The van der Waals surface area contributed by atoms with E-state index in [1.165, 1.54) is 17.8 Å². The van der Waals surface area contributed by atoms with E-state index in [1.54, 1.807) is 6.07 Å². The molecule has 1 aromatic carbocycles. The molecule has 18 heavy (non-hydrogen) atoms. The van der Waals surface area contributed by atoms with Crippen LogP contribution in [0.2, 0.25) is 0 Å². The van der Waals surface area contributed by atoms with Crippen molar-refractivity contribution in [2.45, 2.75) is 41.7 Å². The molecule has 1 heterocycles. The topological polar surface area (TPSA) is 12.0 Å². The number of piperidine rings is 1. The Kier molecular flexibility index (Phi) is 3.57. The Balaban J connectivity index is 1.92. The van der Waals surface area contributed by atoms with E-state index in [9.17, 15) is 8.78 Å². The molecule has 2 aliphatic rings. The molecule has 1 nitrogen and oxygen atoms in total. The molecule has 0 aromatic heterocycles. The highest BCUT2D eigenvalue weighted by molar-refractivity contribution is 8.00. The van der Waals surface area contributed by atoms with Crippen LogP contribution in [0.5, 0.6) is 0 Å². The molecule has 1 aromatic rings. The van der Waals surface area contributed by atoms with Crippen molar-refractivity contribution < 1.29 is 8.78 Å². The van der Waals surface area contributed by atoms with Crippen molar-refractivity contribution in [3.8, 4) is 0 Å². The van der Waals surface area contributed by atoms with E-state index >= 15 is 0 Å². The Hall–Kier alpha value is -0.610. The van der Waals surface area contributed by atoms with Gasteiger partial charge in [-0.25, -0.2) is 8.78 Å². The third-order valence-electron chi connectivity index (χ3n) is 3.67. The maximum absolute atomic E-state index is 14.0. The maximum atomic E-state index is 14.0. The van der Waals surface area contributed by atoms with Crippen molar-refractivity contribution >= 4 is 11.8 Å². The van der Waals surface area contributed by atoms with Gasteiger partial charge < -0.3 is 5.32 Å². The zero-order valence-corrected chi connectivity index (χ0v) is 11.0. The Morgan fingerprint density at radius 2 is 1.78 bits per heavy atom. The van der Waals surface area contributed by atoms with Gasteiger partial charge in [0, 0.05) is 10.1 Å². The zero-order chi connectivity index (χ0) is 12.5. The molecule has 0 radical (unpaired) electrons. The van der Waals surface area contributed by atoms with Crippen LogP contribution in [-0.2, 0) is 0 Å². The summed E-state index contributed by atoms with van der Waals surface area (Å²) < 4.78 is 27.4. The Bertz CT molecular complexity index is 440. The summed E-state index contributed by atoms with van der Waals surface area (Å²) in [5.41, 5.74) is 1.02. The molecule has 1 saturated heterocycles. The smallest absolute Gasteiger partial charge is 0.172 e. The molecule has 3 rings (SSSR count). The fraction of sp³-hybridized carbons (Fsp3) is 0.571. The van der Waals surface area contributed by atoms with E-state index < -0.39 is 11.6 Å². The number of halogens is 2. The summed E-state index contributed by atoms with van der Waals surface area (Å²) in [5, 5.41) is 3.81. The molecule has 98 valence electrons. The van der Waals surface area contributed by atoms with Crippen LogP contribution in [0.4, 0.5) is 8.78 Å². The van der Waals surface area contributed by atoms with Crippen LogP contribution >= 0.6 is 11.8 Å². The molecular formula is C14H17F2NS. The minimum Gasteiger partial charge on any atom is -0.317 e. The van der Waals surface area contributed by atoms with E-state index in [1.807, 2.05) is 0 Å². The minimum atomic E-state index is -0.712. The van der Waals surface area contributed by atoms with Gasteiger partial charge >= 0.3 is 0 Å². The highest BCUT2D eigenvalue weighted by Crippen LogP contribution is 2.44. The first-order chi connectivity index (χ1) is 8.75. The van der Waals surface area contributed by atoms with Gasteiger partial charge in [0.1, 0.15) is 0 Å². The number of rotatable bonds is 3. The van der Waals surface area contributed by atoms with Crippen molar-refractivity contribution in [1.29, 1.82) is 0 Å². The second-order valence-electron chi connectivity index (χ2n) is 5.12. The summed E-state index contributed by atoms with van der Waals surface area (Å²) in [7, 11) is 0. The van der Waals surface area contributed by atoms with Crippen molar-refractivity contribution in [3.63, 3.8) is 0 Å². The molecular weight excluding hydrogens is 252 g/mol. The van der Waals surface area contributed by atoms with Crippen LogP contribution in [0.3, 0.4) is 0 Å². The fourth-order valence-corrected chi connectivity index (χ4v) is 3.75. The van der Waals surface area contributed by atoms with Crippen molar-refractivity contribution in [2.24, 2.45) is 0 Å². The molecule has 1 saturated carbocycles. The Morgan fingerprint density at radius 1 is 1.06 bits per heavy atom. The summed E-state index contributed by atoms with van der Waals surface area (Å²) in [6.45, 7) is 1.94. The fourth-order valence-electron chi connectivity index (χ4n) is 2.47. The van der Waals surface area contributed by atoms with Gasteiger partial charge in [-0.05, 0) is 56.3 Å². The third kappa shape index (κ3) is 2.54. The summed E-state index contributed by atoms with van der Waals surface area (Å²) in [6, 6.07) is 3.07. The molecule has 0 spiro atoms. The SMILES string of the molecule is Fc1ccc(C2CCNCC2)c(SC2CC2)c1F. The summed E-state index contributed by atoms with van der Waals surface area (Å²) in [6.07, 6.45) is 4.30. The first kappa shape index (κ1) is 12.4. The van der Waals surface area contributed by atoms with Crippen molar-refractivity contribution in [1.82, 2.24) is 5.32 Å². The van der Waals surface area contributed by atoms with Gasteiger partial charge in [0.2, 0.25) is 0 Å². The number of benzene rings is 1. The van der Waals surface area contributed by atoms with Gasteiger partial charge in [0.05, 0.1) is 0 Å². The van der Waals surface area contributed by atoms with Crippen LogP contribution in [0.25, 0.3) is 0 Å². The number of hydrogen-bond acceptors (Lipinski definition) is 2. The lowest BCUT2D eigenvalue weighted by Gasteiger charge is -2.25. The maximum Gasteiger partial charge on any atom is 0.172 e.